The van der Waals surface area contributed by atoms with E-state index in [1.807, 2.05) is 12.1 Å². The molecule has 0 bridgehead atoms. The summed E-state index contributed by atoms with van der Waals surface area (Å²) in [6.07, 6.45) is 1.68. The van der Waals surface area contributed by atoms with E-state index in [0.29, 0.717) is 5.75 Å². The van der Waals surface area contributed by atoms with Gasteiger partial charge in [-0.1, -0.05) is 0 Å². The first kappa shape index (κ1) is 12.7. The van der Waals surface area contributed by atoms with Crippen LogP contribution in [0.1, 0.15) is 17.3 Å². The minimum Gasteiger partial charge on any atom is -0.497 e. The SMILES string of the molecule is COc1ccc(C(NN)c2cnsn2)c(OC)c1. The minimum absolute atomic E-state index is 0.260. The first-order valence-corrected chi connectivity index (χ1v) is 5.98. The third-order valence-electron chi connectivity index (χ3n) is 2.59. The standard InChI is InChI=1S/C11H14N4O2S/c1-16-7-3-4-8(10(5-7)17-2)11(14-12)9-6-13-18-15-9/h3-6,11,14H,12H2,1-2H3. The van der Waals surface area contributed by atoms with Crippen molar-refractivity contribution in [2.45, 2.75) is 6.04 Å². The Morgan fingerprint density at radius 2 is 2.17 bits per heavy atom. The molecule has 2 rings (SSSR count). The molecule has 1 unspecified atom stereocenters. The van der Waals surface area contributed by atoms with E-state index in [4.69, 9.17) is 15.3 Å². The van der Waals surface area contributed by atoms with Crippen LogP contribution in [0.25, 0.3) is 0 Å². The van der Waals surface area contributed by atoms with E-state index in [1.54, 1.807) is 26.5 Å². The van der Waals surface area contributed by atoms with Crippen molar-refractivity contribution in [3.05, 3.63) is 35.7 Å². The quantitative estimate of drug-likeness (QED) is 0.623. The summed E-state index contributed by atoms with van der Waals surface area (Å²) < 4.78 is 18.7. The van der Waals surface area contributed by atoms with Gasteiger partial charge in [0.1, 0.15) is 11.5 Å². The molecule has 7 heteroatoms. The maximum absolute atomic E-state index is 5.59. The van der Waals surface area contributed by atoms with Crippen molar-refractivity contribution in [3.8, 4) is 11.5 Å². The molecule has 1 heterocycles. The van der Waals surface area contributed by atoms with Crippen molar-refractivity contribution in [3.63, 3.8) is 0 Å². The van der Waals surface area contributed by atoms with Gasteiger partial charge in [-0.2, -0.15) is 8.75 Å². The lowest BCUT2D eigenvalue weighted by Gasteiger charge is -2.17. The molecule has 6 nitrogen and oxygen atoms in total. The third kappa shape index (κ3) is 2.42. The van der Waals surface area contributed by atoms with E-state index in [-0.39, 0.29) is 6.04 Å². The van der Waals surface area contributed by atoms with Gasteiger partial charge in [-0.25, -0.2) is 5.43 Å². The Bertz CT molecular complexity index is 504. The zero-order valence-corrected chi connectivity index (χ0v) is 10.9. The average Bonchev–Trinajstić information content (AvgIpc) is 2.94. The smallest absolute Gasteiger partial charge is 0.127 e. The maximum atomic E-state index is 5.59. The number of hydrogen-bond acceptors (Lipinski definition) is 7. The number of rotatable bonds is 5. The number of hydrogen-bond donors (Lipinski definition) is 2. The molecular weight excluding hydrogens is 252 g/mol. The zero-order chi connectivity index (χ0) is 13.0. The zero-order valence-electron chi connectivity index (χ0n) is 10.1. The first-order valence-electron chi connectivity index (χ1n) is 5.25. The Morgan fingerprint density at radius 3 is 2.72 bits per heavy atom. The van der Waals surface area contributed by atoms with Crippen molar-refractivity contribution in [2.75, 3.05) is 14.2 Å². The molecule has 0 radical (unpaired) electrons. The highest BCUT2D eigenvalue weighted by Gasteiger charge is 2.19. The second-order valence-corrected chi connectivity index (χ2v) is 4.10. The van der Waals surface area contributed by atoms with Gasteiger partial charge in [0.15, 0.2) is 0 Å². The molecule has 1 atom stereocenters. The number of benzene rings is 1. The van der Waals surface area contributed by atoms with Gasteiger partial charge in [-0.05, 0) is 12.1 Å². The van der Waals surface area contributed by atoms with Crippen LogP contribution in [0.15, 0.2) is 24.4 Å². The van der Waals surface area contributed by atoms with Crippen molar-refractivity contribution >= 4 is 11.7 Å². The van der Waals surface area contributed by atoms with Crippen molar-refractivity contribution < 1.29 is 9.47 Å². The topological polar surface area (TPSA) is 82.3 Å². The van der Waals surface area contributed by atoms with E-state index in [1.165, 1.54) is 0 Å². The molecule has 0 aliphatic rings. The van der Waals surface area contributed by atoms with Gasteiger partial charge >= 0.3 is 0 Å². The van der Waals surface area contributed by atoms with Gasteiger partial charge < -0.3 is 9.47 Å². The van der Waals surface area contributed by atoms with Crippen LogP contribution in [0.4, 0.5) is 0 Å². The first-order chi connectivity index (χ1) is 8.80. The normalized spacial score (nSPS) is 12.2. The fourth-order valence-electron chi connectivity index (χ4n) is 1.69. The van der Waals surface area contributed by atoms with Gasteiger partial charge in [0.05, 0.1) is 43.9 Å². The van der Waals surface area contributed by atoms with Crippen LogP contribution in [0.2, 0.25) is 0 Å². The molecule has 0 aliphatic heterocycles. The highest BCUT2D eigenvalue weighted by atomic mass is 32.1. The van der Waals surface area contributed by atoms with Gasteiger partial charge in [-0.3, -0.25) is 5.84 Å². The van der Waals surface area contributed by atoms with Crippen LogP contribution < -0.4 is 20.7 Å². The molecule has 0 aliphatic carbocycles. The van der Waals surface area contributed by atoms with E-state index in [2.05, 4.69) is 14.2 Å². The molecule has 2 aromatic rings. The third-order valence-corrected chi connectivity index (χ3v) is 3.08. The number of hydrazine groups is 1. The average molecular weight is 266 g/mol. The van der Waals surface area contributed by atoms with Crippen molar-refractivity contribution in [1.29, 1.82) is 0 Å². The molecule has 0 saturated heterocycles. The minimum atomic E-state index is -0.260. The van der Waals surface area contributed by atoms with Crippen LogP contribution in [0, 0.1) is 0 Å². The maximum Gasteiger partial charge on any atom is 0.127 e. The van der Waals surface area contributed by atoms with Crippen LogP contribution in [0.3, 0.4) is 0 Å². The van der Waals surface area contributed by atoms with Crippen molar-refractivity contribution in [2.24, 2.45) is 5.84 Å². The van der Waals surface area contributed by atoms with Gasteiger partial charge in [-0.15, -0.1) is 0 Å². The van der Waals surface area contributed by atoms with Crippen LogP contribution in [-0.4, -0.2) is 23.0 Å². The van der Waals surface area contributed by atoms with Crippen LogP contribution in [0.5, 0.6) is 11.5 Å². The predicted molar refractivity (Wildman–Crippen MR) is 68.6 cm³/mol. The molecule has 96 valence electrons. The van der Waals surface area contributed by atoms with Gasteiger partial charge in [0, 0.05) is 11.6 Å². The number of ether oxygens (including phenoxy) is 2. The number of nitrogens with one attached hydrogen (secondary N) is 1. The fourth-order valence-corrected chi connectivity index (χ4v) is 2.14. The highest BCUT2D eigenvalue weighted by molar-refractivity contribution is 6.99. The number of methoxy groups -OCH3 is 2. The largest absolute Gasteiger partial charge is 0.497 e. The molecule has 0 spiro atoms. The summed E-state index contributed by atoms with van der Waals surface area (Å²) in [4.78, 5) is 0. The molecule has 0 saturated carbocycles. The number of nitrogens with two attached hydrogens (primary N) is 1. The summed E-state index contributed by atoms with van der Waals surface area (Å²) in [5, 5.41) is 0. The molecule has 1 aromatic heterocycles. The summed E-state index contributed by atoms with van der Waals surface area (Å²) in [5.74, 6) is 7.00. The summed E-state index contributed by atoms with van der Waals surface area (Å²) in [7, 11) is 3.21. The fraction of sp³-hybridized carbons (Fsp3) is 0.273. The lowest BCUT2D eigenvalue weighted by molar-refractivity contribution is 0.387. The Kier molecular flexibility index (Phi) is 4.08. The number of nitrogens with zero attached hydrogens (tertiary/aromatic N) is 2. The summed E-state index contributed by atoms with van der Waals surface area (Å²) >= 11 is 1.14. The summed E-state index contributed by atoms with van der Waals surface area (Å²) in [6, 6.07) is 5.29. The number of aromatic nitrogens is 2. The van der Waals surface area contributed by atoms with Crippen LogP contribution in [-0.2, 0) is 0 Å². The Hall–Kier alpha value is -1.70. The molecule has 3 N–H and O–H groups in total. The van der Waals surface area contributed by atoms with E-state index < -0.39 is 0 Å². The lowest BCUT2D eigenvalue weighted by Crippen LogP contribution is -2.29. The van der Waals surface area contributed by atoms with Crippen molar-refractivity contribution in [1.82, 2.24) is 14.2 Å². The summed E-state index contributed by atoms with van der Waals surface area (Å²) in [6.45, 7) is 0. The second-order valence-electron chi connectivity index (χ2n) is 3.54. The predicted octanol–water partition coefficient (Wildman–Crippen LogP) is 1.11. The molecule has 1 aromatic carbocycles. The molecular formula is C11H14N4O2S. The second kappa shape index (κ2) is 5.76. The Labute approximate surface area is 109 Å². The molecule has 0 amide bonds. The molecule has 18 heavy (non-hydrogen) atoms. The van der Waals surface area contributed by atoms with E-state index >= 15 is 0 Å². The lowest BCUT2D eigenvalue weighted by atomic mass is 10.0. The van der Waals surface area contributed by atoms with E-state index in [0.717, 1.165) is 28.7 Å². The monoisotopic (exact) mass is 266 g/mol. The summed E-state index contributed by atoms with van der Waals surface area (Å²) in [5.41, 5.74) is 4.35. The van der Waals surface area contributed by atoms with Gasteiger partial charge in [0.2, 0.25) is 0 Å². The van der Waals surface area contributed by atoms with Gasteiger partial charge in [0.25, 0.3) is 0 Å². The highest BCUT2D eigenvalue weighted by Crippen LogP contribution is 2.31. The van der Waals surface area contributed by atoms with Crippen LogP contribution >= 0.6 is 11.7 Å². The molecule has 0 fully saturated rings. The Balaban J connectivity index is 2.42. The Morgan fingerprint density at radius 1 is 1.33 bits per heavy atom. The van der Waals surface area contributed by atoms with E-state index in [9.17, 15) is 0 Å².